The summed E-state index contributed by atoms with van der Waals surface area (Å²) in [6.45, 7) is 3.42. The lowest BCUT2D eigenvalue weighted by Crippen LogP contribution is -2.45. The Balaban J connectivity index is 1.96. The summed E-state index contributed by atoms with van der Waals surface area (Å²) < 4.78 is 10.3. The highest BCUT2D eigenvalue weighted by atomic mass is 16.5. The summed E-state index contributed by atoms with van der Waals surface area (Å²) in [7, 11) is 1.47. The number of ether oxygens (including phenoxy) is 2. The molecule has 1 aliphatic rings. The van der Waals surface area contributed by atoms with Crippen LogP contribution >= 0.6 is 0 Å². The van der Waals surface area contributed by atoms with Crippen molar-refractivity contribution in [1.82, 2.24) is 5.32 Å². The molecule has 1 aromatic rings. The van der Waals surface area contributed by atoms with Crippen LogP contribution in [0.4, 0.5) is 11.4 Å². The van der Waals surface area contributed by atoms with Crippen LogP contribution in [0.2, 0.25) is 0 Å². The van der Waals surface area contributed by atoms with Gasteiger partial charge in [0.15, 0.2) is 0 Å². The van der Waals surface area contributed by atoms with Gasteiger partial charge in [0.2, 0.25) is 0 Å². The molecule has 0 saturated carbocycles. The molecular weight excluding hydrogens is 286 g/mol. The Hall–Kier alpha value is -1.96. The zero-order chi connectivity index (χ0) is 15.9. The number of rotatable bonds is 5. The van der Waals surface area contributed by atoms with Gasteiger partial charge in [-0.3, -0.25) is 9.59 Å². The van der Waals surface area contributed by atoms with Gasteiger partial charge in [-0.15, -0.1) is 0 Å². The first-order valence-electron chi connectivity index (χ1n) is 7.17. The van der Waals surface area contributed by atoms with Gasteiger partial charge in [-0.1, -0.05) is 6.07 Å². The number of methoxy groups -OCH3 is 1. The van der Waals surface area contributed by atoms with Crippen LogP contribution in [0.1, 0.15) is 6.92 Å². The fourth-order valence-electron chi connectivity index (χ4n) is 1.98. The van der Waals surface area contributed by atoms with Crippen LogP contribution in [-0.2, 0) is 19.1 Å². The molecule has 0 aliphatic carbocycles. The highest BCUT2D eigenvalue weighted by Gasteiger charge is 2.21. The number of hydrogen-bond donors (Lipinski definition) is 3. The molecular formula is C15H21N3O4. The number of benzene rings is 1. The van der Waals surface area contributed by atoms with E-state index in [1.807, 2.05) is 0 Å². The average molecular weight is 307 g/mol. The van der Waals surface area contributed by atoms with E-state index in [2.05, 4.69) is 16.0 Å². The van der Waals surface area contributed by atoms with E-state index in [1.54, 1.807) is 31.2 Å². The number of amides is 2. The molecule has 1 saturated heterocycles. The normalized spacial score (nSPS) is 19.3. The van der Waals surface area contributed by atoms with Gasteiger partial charge < -0.3 is 25.4 Å². The molecule has 1 heterocycles. The Morgan fingerprint density at radius 3 is 2.73 bits per heavy atom. The van der Waals surface area contributed by atoms with Crippen LogP contribution in [0.25, 0.3) is 0 Å². The topological polar surface area (TPSA) is 88.7 Å². The van der Waals surface area contributed by atoms with Gasteiger partial charge >= 0.3 is 0 Å². The van der Waals surface area contributed by atoms with Crippen LogP contribution in [0.15, 0.2) is 24.3 Å². The Labute approximate surface area is 129 Å². The van der Waals surface area contributed by atoms with Crippen LogP contribution < -0.4 is 16.0 Å². The predicted molar refractivity (Wildman–Crippen MR) is 82.8 cm³/mol. The maximum atomic E-state index is 12.1. The fourth-order valence-corrected chi connectivity index (χ4v) is 1.98. The summed E-state index contributed by atoms with van der Waals surface area (Å²) in [6.07, 6.45) is -1.04. The van der Waals surface area contributed by atoms with Crippen LogP contribution in [0.3, 0.4) is 0 Å². The number of anilines is 2. The van der Waals surface area contributed by atoms with E-state index in [-0.39, 0.29) is 11.8 Å². The summed E-state index contributed by atoms with van der Waals surface area (Å²) in [6, 6.07) is 6.94. The van der Waals surface area contributed by atoms with E-state index in [1.165, 1.54) is 7.11 Å². The fraction of sp³-hybridized carbons (Fsp3) is 0.467. The molecule has 1 aliphatic heterocycles. The molecule has 1 fully saturated rings. The molecule has 2 unspecified atom stereocenters. The van der Waals surface area contributed by atoms with Gasteiger partial charge in [0.25, 0.3) is 11.8 Å². The molecule has 3 N–H and O–H groups in total. The second kappa shape index (κ2) is 7.88. The van der Waals surface area contributed by atoms with Gasteiger partial charge in [0.1, 0.15) is 12.2 Å². The minimum atomic E-state index is -0.542. The third-order valence-electron chi connectivity index (χ3n) is 3.34. The second-order valence-electron chi connectivity index (χ2n) is 5.00. The first-order valence-corrected chi connectivity index (χ1v) is 7.17. The minimum Gasteiger partial charge on any atom is -0.372 e. The van der Waals surface area contributed by atoms with E-state index < -0.39 is 12.2 Å². The van der Waals surface area contributed by atoms with Crippen molar-refractivity contribution in [3.63, 3.8) is 0 Å². The third-order valence-corrected chi connectivity index (χ3v) is 3.34. The summed E-state index contributed by atoms with van der Waals surface area (Å²) in [5.74, 6) is -0.452. The molecule has 7 heteroatoms. The molecule has 0 aromatic heterocycles. The Morgan fingerprint density at radius 1 is 1.36 bits per heavy atom. The van der Waals surface area contributed by atoms with Crippen LogP contribution in [0, 0.1) is 0 Å². The van der Waals surface area contributed by atoms with Crippen molar-refractivity contribution in [3.8, 4) is 0 Å². The molecule has 0 spiro atoms. The van der Waals surface area contributed by atoms with Crippen LogP contribution in [0.5, 0.6) is 0 Å². The van der Waals surface area contributed by atoms with Crippen molar-refractivity contribution in [2.24, 2.45) is 0 Å². The van der Waals surface area contributed by atoms with Crippen molar-refractivity contribution in [1.29, 1.82) is 0 Å². The number of nitrogens with one attached hydrogen (secondary N) is 3. The second-order valence-corrected chi connectivity index (χ2v) is 5.00. The maximum Gasteiger partial charge on any atom is 0.254 e. The quantitative estimate of drug-likeness (QED) is 0.741. The van der Waals surface area contributed by atoms with Crippen LogP contribution in [-0.4, -0.2) is 50.8 Å². The first kappa shape index (κ1) is 16.4. The third kappa shape index (κ3) is 4.52. The molecule has 120 valence electrons. The van der Waals surface area contributed by atoms with Crippen molar-refractivity contribution in [2.75, 3.05) is 37.4 Å². The molecule has 2 amide bonds. The van der Waals surface area contributed by atoms with Gasteiger partial charge in [-0.05, 0) is 25.1 Å². The Morgan fingerprint density at radius 2 is 2.09 bits per heavy atom. The van der Waals surface area contributed by atoms with Gasteiger partial charge in [0.05, 0.1) is 6.61 Å². The van der Waals surface area contributed by atoms with Crippen molar-refractivity contribution >= 4 is 23.2 Å². The lowest BCUT2D eigenvalue weighted by molar-refractivity contribution is -0.128. The molecule has 0 bridgehead atoms. The number of hydrogen-bond acceptors (Lipinski definition) is 5. The highest BCUT2D eigenvalue weighted by Crippen LogP contribution is 2.16. The largest absolute Gasteiger partial charge is 0.372 e. The monoisotopic (exact) mass is 307 g/mol. The average Bonchev–Trinajstić information content (AvgIpc) is 2.55. The van der Waals surface area contributed by atoms with E-state index in [9.17, 15) is 9.59 Å². The SMILES string of the molecule is COC(C)C(=O)Nc1cccc(NC(=O)C2CNCCO2)c1. The van der Waals surface area contributed by atoms with E-state index in [4.69, 9.17) is 9.47 Å². The summed E-state index contributed by atoms with van der Waals surface area (Å²) >= 11 is 0. The lowest BCUT2D eigenvalue weighted by atomic mass is 10.2. The van der Waals surface area contributed by atoms with Gasteiger partial charge in [-0.25, -0.2) is 0 Å². The number of carbonyl (C=O) groups excluding carboxylic acids is 2. The summed E-state index contributed by atoms with van der Waals surface area (Å²) in [5, 5.41) is 8.61. The molecule has 1 aromatic carbocycles. The molecule has 0 radical (unpaired) electrons. The zero-order valence-electron chi connectivity index (χ0n) is 12.7. The summed E-state index contributed by atoms with van der Waals surface area (Å²) in [4.78, 5) is 23.8. The number of carbonyl (C=O) groups is 2. The molecule has 2 atom stereocenters. The van der Waals surface area contributed by atoms with Crippen molar-refractivity contribution in [3.05, 3.63) is 24.3 Å². The van der Waals surface area contributed by atoms with E-state index in [0.717, 1.165) is 6.54 Å². The number of morpholine rings is 1. The minimum absolute atomic E-state index is 0.207. The van der Waals surface area contributed by atoms with Crippen molar-refractivity contribution < 1.29 is 19.1 Å². The lowest BCUT2D eigenvalue weighted by Gasteiger charge is -2.22. The molecule has 2 rings (SSSR count). The smallest absolute Gasteiger partial charge is 0.254 e. The first-order chi connectivity index (χ1) is 10.6. The Kier molecular flexibility index (Phi) is 5.88. The van der Waals surface area contributed by atoms with E-state index in [0.29, 0.717) is 24.5 Å². The molecule has 22 heavy (non-hydrogen) atoms. The van der Waals surface area contributed by atoms with Gasteiger partial charge in [0, 0.05) is 31.6 Å². The Bertz CT molecular complexity index is 529. The van der Waals surface area contributed by atoms with E-state index >= 15 is 0 Å². The molecule has 7 nitrogen and oxygen atoms in total. The maximum absolute atomic E-state index is 12.1. The van der Waals surface area contributed by atoms with Crippen molar-refractivity contribution in [2.45, 2.75) is 19.1 Å². The zero-order valence-corrected chi connectivity index (χ0v) is 12.7. The highest BCUT2D eigenvalue weighted by molar-refractivity contribution is 5.97. The standard InChI is InChI=1S/C15H21N3O4/c1-10(21-2)14(19)17-11-4-3-5-12(8-11)18-15(20)13-9-16-6-7-22-13/h3-5,8,10,13,16H,6-7,9H2,1-2H3,(H,17,19)(H,18,20). The van der Waals surface area contributed by atoms with Gasteiger partial charge in [-0.2, -0.15) is 0 Å². The predicted octanol–water partition coefficient (Wildman–Crippen LogP) is 0.587. The summed E-state index contributed by atoms with van der Waals surface area (Å²) in [5.41, 5.74) is 1.19.